The van der Waals surface area contributed by atoms with Crippen LogP contribution in [0.25, 0.3) is 0 Å². The van der Waals surface area contributed by atoms with Gasteiger partial charge in [-0.1, -0.05) is 18.9 Å². The van der Waals surface area contributed by atoms with E-state index in [1.54, 1.807) is 12.1 Å². The summed E-state index contributed by atoms with van der Waals surface area (Å²) < 4.78 is 10.7. The zero-order chi connectivity index (χ0) is 13.7. The van der Waals surface area contributed by atoms with E-state index in [9.17, 15) is 10.2 Å². The largest absolute Gasteiger partial charge is 0.504 e. The summed E-state index contributed by atoms with van der Waals surface area (Å²) in [7, 11) is 1.53. The fourth-order valence-electron chi connectivity index (χ4n) is 2.49. The molecule has 2 rings (SSSR count). The molecule has 1 aromatic carbocycles. The van der Waals surface area contributed by atoms with Gasteiger partial charge in [0.1, 0.15) is 0 Å². The number of methoxy groups -OCH3 is 1. The molecule has 106 valence electrons. The number of phenolic OH excluding ortho intramolecular Hbond substituents is 1. The van der Waals surface area contributed by atoms with Gasteiger partial charge in [0.25, 0.3) is 0 Å². The lowest BCUT2D eigenvalue weighted by atomic mass is 9.95. The molecule has 0 heterocycles. The van der Waals surface area contributed by atoms with Gasteiger partial charge >= 0.3 is 0 Å². The first-order valence-corrected chi connectivity index (χ1v) is 6.86. The van der Waals surface area contributed by atoms with Crippen LogP contribution < -0.4 is 4.74 Å². The SMILES string of the molecule is COc1ccc(CCOC2CCCC[C@H]2O)cc1O. The molecule has 1 saturated carbocycles. The van der Waals surface area contributed by atoms with Gasteiger partial charge in [0.15, 0.2) is 11.5 Å². The molecular weight excluding hydrogens is 244 g/mol. The van der Waals surface area contributed by atoms with Crippen molar-refractivity contribution in [2.45, 2.75) is 44.3 Å². The van der Waals surface area contributed by atoms with Gasteiger partial charge in [-0.2, -0.15) is 0 Å². The van der Waals surface area contributed by atoms with Crippen LogP contribution in [0, 0.1) is 0 Å². The molecule has 2 N–H and O–H groups in total. The van der Waals surface area contributed by atoms with Crippen LogP contribution in [-0.4, -0.2) is 36.1 Å². The van der Waals surface area contributed by atoms with Gasteiger partial charge in [-0.25, -0.2) is 0 Å². The zero-order valence-corrected chi connectivity index (χ0v) is 11.3. The quantitative estimate of drug-likeness (QED) is 0.858. The van der Waals surface area contributed by atoms with E-state index >= 15 is 0 Å². The predicted molar refractivity (Wildman–Crippen MR) is 72.6 cm³/mol. The highest BCUT2D eigenvalue weighted by Crippen LogP contribution is 2.26. The van der Waals surface area contributed by atoms with E-state index in [-0.39, 0.29) is 18.0 Å². The minimum atomic E-state index is -0.321. The van der Waals surface area contributed by atoms with Crippen LogP contribution >= 0.6 is 0 Å². The van der Waals surface area contributed by atoms with Gasteiger partial charge < -0.3 is 19.7 Å². The minimum Gasteiger partial charge on any atom is -0.504 e. The van der Waals surface area contributed by atoms with Crippen molar-refractivity contribution in [1.82, 2.24) is 0 Å². The van der Waals surface area contributed by atoms with E-state index in [0.717, 1.165) is 37.7 Å². The molecular formula is C15H22O4. The molecule has 0 spiro atoms. The Morgan fingerprint density at radius 2 is 2.05 bits per heavy atom. The van der Waals surface area contributed by atoms with Gasteiger partial charge in [-0.15, -0.1) is 0 Å². The molecule has 2 atom stereocenters. The maximum absolute atomic E-state index is 9.80. The average Bonchev–Trinajstić information content (AvgIpc) is 2.41. The monoisotopic (exact) mass is 266 g/mol. The van der Waals surface area contributed by atoms with Crippen LogP contribution in [0.5, 0.6) is 11.5 Å². The summed E-state index contributed by atoms with van der Waals surface area (Å²) in [5.74, 6) is 0.630. The summed E-state index contributed by atoms with van der Waals surface area (Å²) in [5.41, 5.74) is 1.00. The number of aromatic hydroxyl groups is 1. The number of benzene rings is 1. The lowest BCUT2D eigenvalue weighted by Gasteiger charge is -2.27. The second-order valence-corrected chi connectivity index (χ2v) is 5.02. The minimum absolute atomic E-state index is 0.0272. The molecule has 0 radical (unpaired) electrons. The Kier molecular flexibility index (Phi) is 5.05. The zero-order valence-electron chi connectivity index (χ0n) is 11.3. The number of aliphatic hydroxyl groups excluding tert-OH is 1. The summed E-state index contributed by atoms with van der Waals surface area (Å²) in [6.45, 7) is 0.563. The fraction of sp³-hybridized carbons (Fsp3) is 0.600. The van der Waals surface area contributed by atoms with E-state index in [1.807, 2.05) is 6.07 Å². The molecule has 0 amide bonds. The molecule has 1 unspecified atom stereocenters. The molecule has 0 aliphatic heterocycles. The van der Waals surface area contributed by atoms with Crippen LogP contribution in [0.1, 0.15) is 31.2 Å². The van der Waals surface area contributed by atoms with Crippen LogP contribution in [-0.2, 0) is 11.2 Å². The molecule has 1 aliphatic carbocycles. The van der Waals surface area contributed by atoms with Gasteiger partial charge in [-0.3, -0.25) is 0 Å². The summed E-state index contributed by atoms with van der Waals surface area (Å²) in [6, 6.07) is 5.36. The summed E-state index contributed by atoms with van der Waals surface area (Å²) in [6.07, 6.45) is 4.38. The van der Waals surface area contributed by atoms with Gasteiger partial charge in [0.05, 0.1) is 25.9 Å². The maximum atomic E-state index is 9.80. The Balaban J connectivity index is 1.80. The number of rotatable bonds is 5. The molecule has 4 heteroatoms. The Morgan fingerprint density at radius 1 is 1.26 bits per heavy atom. The third-order valence-electron chi connectivity index (χ3n) is 3.63. The predicted octanol–water partition coefficient (Wildman–Crippen LogP) is 2.26. The van der Waals surface area contributed by atoms with Crippen LogP contribution in [0.2, 0.25) is 0 Å². The van der Waals surface area contributed by atoms with Crippen molar-refractivity contribution in [3.8, 4) is 11.5 Å². The Bertz CT molecular complexity index is 405. The topological polar surface area (TPSA) is 58.9 Å². The Morgan fingerprint density at radius 3 is 2.74 bits per heavy atom. The van der Waals surface area contributed by atoms with Crippen molar-refractivity contribution in [1.29, 1.82) is 0 Å². The maximum Gasteiger partial charge on any atom is 0.160 e. The van der Waals surface area contributed by atoms with Crippen molar-refractivity contribution >= 4 is 0 Å². The van der Waals surface area contributed by atoms with E-state index < -0.39 is 0 Å². The smallest absolute Gasteiger partial charge is 0.160 e. The van der Waals surface area contributed by atoms with Gasteiger partial charge in [-0.05, 0) is 37.0 Å². The summed E-state index contributed by atoms with van der Waals surface area (Å²) in [4.78, 5) is 0. The lowest BCUT2D eigenvalue weighted by Crippen LogP contribution is -2.32. The standard InChI is InChI=1S/C15H22O4/c1-18-14-7-6-11(10-13(14)17)8-9-19-15-5-3-2-4-12(15)16/h6-7,10,12,15-17H,2-5,8-9H2,1H3/t12-,15?/m1/s1. The Labute approximate surface area is 114 Å². The van der Waals surface area contributed by atoms with Crippen LogP contribution in [0.15, 0.2) is 18.2 Å². The number of ether oxygens (including phenoxy) is 2. The molecule has 0 bridgehead atoms. The molecule has 1 fully saturated rings. The van der Waals surface area contributed by atoms with Crippen molar-refractivity contribution in [2.75, 3.05) is 13.7 Å². The molecule has 0 aromatic heterocycles. The molecule has 0 saturated heterocycles. The third-order valence-corrected chi connectivity index (χ3v) is 3.63. The number of aliphatic hydroxyl groups is 1. The van der Waals surface area contributed by atoms with Crippen molar-refractivity contribution in [3.05, 3.63) is 23.8 Å². The molecule has 1 aliphatic rings. The highest BCUT2D eigenvalue weighted by atomic mass is 16.5. The average molecular weight is 266 g/mol. The van der Waals surface area contributed by atoms with Crippen molar-refractivity contribution in [2.24, 2.45) is 0 Å². The highest BCUT2D eigenvalue weighted by molar-refractivity contribution is 5.41. The first kappa shape index (κ1) is 14.2. The number of hydrogen-bond donors (Lipinski definition) is 2. The van der Waals surface area contributed by atoms with Crippen molar-refractivity contribution < 1.29 is 19.7 Å². The third kappa shape index (κ3) is 3.85. The van der Waals surface area contributed by atoms with E-state index in [0.29, 0.717) is 12.4 Å². The Hall–Kier alpha value is -1.26. The van der Waals surface area contributed by atoms with Gasteiger partial charge in [0.2, 0.25) is 0 Å². The first-order chi connectivity index (χ1) is 9.20. The first-order valence-electron chi connectivity index (χ1n) is 6.86. The summed E-state index contributed by atoms with van der Waals surface area (Å²) >= 11 is 0. The summed E-state index contributed by atoms with van der Waals surface area (Å²) in [5, 5.41) is 19.5. The molecule has 1 aromatic rings. The highest BCUT2D eigenvalue weighted by Gasteiger charge is 2.23. The number of hydrogen-bond acceptors (Lipinski definition) is 4. The fourth-order valence-corrected chi connectivity index (χ4v) is 2.49. The van der Waals surface area contributed by atoms with Crippen molar-refractivity contribution in [3.63, 3.8) is 0 Å². The van der Waals surface area contributed by atoms with E-state index in [1.165, 1.54) is 7.11 Å². The molecule has 4 nitrogen and oxygen atoms in total. The lowest BCUT2D eigenvalue weighted by molar-refractivity contribution is -0.0575. The number of phenols is 1. The van der Waals surface area contributed by atoms with Crippen LogP contribution in [0.3, 0.4) is 0 Å². The van der Waals surface area contributed by atoms with Gasteiger partial charge in [0, 0.05) is 0 Å². The normalized spacial score (nSPS) is 23.3. The van der Waals surface area contributed by atoms with E-state index in [2.05, 4.69) is 0 Å². The molecule has 19 heavy (non-hydrogen) atoms. The second-order valence-electron chi connectivity index (χ2n) is 5.02. The van der Waals surface area contributed by atoms with E-state index in [4.69, 9.17) is 9.47 Å². The second kappa shape index (κ2) is 6.78. The van der Waals surface area contributed by atoms with Crippen LogP contribution in [0.4, 0.5) is 0 Å².